The van der Waals surface area contributed by atoms with Crippen LogP contribution in [0.4, 0.5) is 0 Å². The Labute approximate surface area is 103 Å². The molecule has 0 aliphatic rings. The lowest BCUT2D eigenvalue weighted by Gasteiger charge is -2.02. The average molecular weight is 237 g/mol. The molecule has 0 aliphatic carbocycles. The predicted octanol–water partition coefficient (Wildman–Crippen LogP) is 3.54. The molecule has 0 spiro atoms. The number of unbranched alkanes of at least 4 members (excludes halogenated alkanes) is 6. The molecule has 1 aromatic rings. The molecule has 0 aliphatic heterocycles. The van der Waals surface area contributed by atoms with Gasteiger partial charge in [-0.15, -0.1) is 0 Å². The number of aromatic nitrogens is 3. The molecule has 4 heteroatoms. The van der Waals surface area contributed by atoms with E-state index in [0.29, 0.717) is 0 Å². The molecule has 1 heterocycles. The van der Waals surface area contributed by atoms with Gasteiger partial charge in [0.1, 0.15) is 11.5 Å². The lowest BCUT2D eigenvalue weighted by molar-refractivity contribution is 0.366. The van der Waals surface area contributed by atoms with Crippen LogP contribution in [0.3, 0.4) is 0 Å². The summed E-state index contributed by atoms with van der Waals surface area (Å²) in [7, 11) is 1.67. The molecule has 96 valence electrons. The highest BCUT2D eigenvalue weighted by atomic mass is 16.5. The number of allylic oxidation sites excluding steroid dienone is 1. The highest BCUT2D eigenvalue weighted by Crippen LogP contribution is 2.14. The molecule has 0 amide bonds. The van der Waals surface area contributed by atoms with Gasteiger partial charge in [0.25, 0.3) is 0 Å². The van der Waals surface area contributed by atoms with Crippen molar-refractivity contribution in [2.24, 2.45) is 0 Å². The Morgan fingerprint density at radius 3 is 2.71 bits per heavy atom. The van der Waals surface area contributed by atoms with E-state index in [2.05, 4.69) is 28.4 Å². The highest BCUT2D eigenvalue weighted by molar-refractivity contribution is 5.54. The Morgan fingerprint density at radius 2 is 2.06 bits per heavy atom. The van der Waals surface area contributed by atoms with E-state index in [-0.39, 0.29) is 0 Å². The van der Waals surface area contributed by atoms with E-state index in [1.165, 1.54) is 38.5 Å². The van der Waals surface area contributed by atoms with Gasteiger partial charge in [0, 0.05) is 0 Å². The van der Waals surface area contributed by atoms with Crippen LogP contribution in [0, 0.1) is 0 Å². The van der Waals surface area contributed by atoms with Crippen molar-refractivity contribution >= 4 is 5.76 Å². The zero-order valence-corrected chi connectivity index (χ0v) is 10.9. The first kappa shape index (κ1) is 13.7. The molecule has 17 heavy (non-hydrogen) atoms. The van der Waals surface area contributed by atoms with Crippen molar-refractivity contribution in [2.75, 3.05) is 7.11 Å². The van der Waals surface area contributed by atoms with Gasteiger partial charge in [0.15, 0.2) is 0 Å². The van der Waals surface area contributed by atoms with Crippen molar-refractivity contribution in [3.63, 3.8) is 0 Å². The number of hydrogen-bond donors (Lipinski definition) is 1. The minimum atomic E-state index is 0.776. The van der Waals surface area contributed by atoms with Crippen LogP contribution in [-0.2, 0) is 4.74 Å². The fourth-order valence-electron chi connectivity index (χ4n) is 1.77. The minimum absolute atomic E-state index is 0.776. The second kappa shape index (κ2) is 8.79. The van der Waals surface area contributed by atoms with Gasteiger partial charge in [-0.25, -0.2) is 0 Å². The summed E-state index contributed by atoms with van der Waals surface area (Å²) in [4.78, 5) is 0. The Balaban J connectivity index is 2.18. The monoisotopic (exact) mass is 237 g/mol. The molecule has 1 N–H and O–H groups in total. The molecule has 0 radical (unpaired) electrons. The van der Waals surface area contributed by atoms with Gasteiger partial charge in [-0.2, -0.15) is 15.4 Å². The van der Waals surface area contributed by atoms with E-state index in [1.54, 1.807) is 13.3 Å². The van der Waals surface area contributed by atoms with Crippen LogP contribution in [0.15, 0.2) is 12.3 Å². The largest absolute Gasteiger partial charge is 0.495 e. The van der Waals surface area contributed by atoms with Crippen LogP contribution in [0.25, 0.3) is 5.76 Å². The first-order valence-electron chi connectivity index (χ1n) is 6.48. The summed E-state index contributed by atoms with van der Waals surface area (Å²) in [6, 6.07) is 0. The number of ether oxygens (including phenoxy) is 1. The quantitative estimate of drug-likeness (QED) is 0.528. The lowest BCUT2D eigenvalue weighted by Crippen LogP contribution is -1.88. The molecule has 4 nitrogen and oxygen atoms in total. The van der Waals surface area contributed by atoms with Crippen LogP contribution in [0.5, 0.6) is 0 Å². The fraction of sp³-hybridized carbons (Fsp3) is 0.692. The summed E-state index contributed by atoms with van der Waals surface area (Å²) < 4.78 is 5.28. The van der Waals surface area contributed by atoms with Crippen molar-refractivity contribution in [2.45, 2.75) is 51.9 Å². The number of aromatic amines is 1. The third-order valence-corrected chi connectivity index (χ3v) is 2.77. The number of nitrogens with zero attached hydrogens (tertiary/aromatic N) is 2. The van der Waals surface area contributed by atoms with Gasteiger partial charge in [-0.05, 0) is 18.9 Å². The maximum absolute atomic E-state index is 5.28. The van der Waals surface area contributed by atoms with Crippen LogP contribution in [-0.4, -0.2) is 22.5 Å². The van der Waals surface area contributed by atoms with Gasteiger partial charge < -0.3 is 4.74 Å². The summed E-state index contributed by atoms with van der Waals surface area (Å²) in [5, 5.41) is 10.4. The van der Waals surface area contributed by atoms with Gasteiger partial charge in [0.05, 0.1) is 13.3 Å². The van der Waals surface area contributed by atoms with Gasteiger partial charge in [-0.1, -0.05) is 39.0 Å². The summed E-state index contributed by atoms with van der Waals surface area (Å²) in [5.74, 6) is 0.812. The smallest absolute Gasteiger partial charge is 0.147 e. The van der Waals surface area contributed by atoms with Gasteiger partial charge >= 0.3 is 0 Å². The Morgan fingerprint density at radius 1 is 1.29 bits per heavy atom. The van der Waals surface area contributed by atoms with Gasteiger partial charge in [-0.3, -0.25) is 0 Å². The van der Waals surface area contributed by atoms with Crippen molar-refractivity contribution in [3.8, 4) is 0 Å². The number of nitrogens with one attached hydrogen (secondary N) is 1. The summed E-state index contributed by atoms with van der Waals surface area (Å²) in [6.07, 6.45) is 12.7. The van der Waals surface area contributed by atoms with E-state index >= 15 is 0 Å². The molecule has 0 aromatic carbocycles. The van der Waals surface area contributed by atoms with E-state index in [9.17, 15) is 0 Å². The maximum Gasteiger partial charge on any atom is 0.147 e. The zero-order valence-electron chi connectivity index (χ0n) is 10.9. The number of methoxy groups -OCH3 is 1. The van der Waals surface area contributed by atoms with Crippen LogP contribution in [0.1, 0.15) is 57.6 Å². The topological polar surface area (TPSA) is 50.8 Å². The van der Waals surface area contributed by atoms with Crippen LogP contribution in [0.2, 0.25) is 0 Å². The third-order valence-electron chi connectivity index (χ3n) is 2.77. The summed E-state index contributed by atoms with van der Waals surface area (Å²) >= 11 is 0. The molecule has 1 aromatic heterocycles. The maximum atomic E-state index is 5.28. The van der Waals surface area contributed by atoms with E-state index in [4.69, 9.17) is 4.74 Å². The average Bonchev–Trinajstić information content (AvgIpc) is 2.86. The summed E-state index contributed by atoms with van der Waals surface area (Å²) in [6.45, 7) is 2.24. The zero-order chi connectivity index (χ0) is 12.3. The minimum Gasteiger partial charge on any atom is -0.495 e. The second-order valence-electron chi connectivity index (χ2n) is 4.18. The standard InChI is InChI=1S/C13H23N3O/c1-3-4-5-6-7-8-9-10-13(17-2)12-11-14-16-15-12/h10-11H,3-9H2,1-2H3,(H,14,15,16). The van der Waals surface area contributed by atoms with Crippen molar-refractivity contribution in [1.82, 2.24) is 15.4 Å². The lowest BCUT2D eigenvalue weighted by atomic mass is 10.1. The Hall–Kier alpha value is -1.32. The van der Waals surface area contributed by atoms with Crippen molar-refractivity contribution < 1.29 is 4.74 Å². The normalized spacial score (nSPS) is 11.8. The van der Waals surface area contributed by atoms with Crippen LogP contribution >= 0.6 is 0 Å². The molecule has 1 rings (SSSR count). The molecule has 0 bridgehead atoms. The number of rotatable bonds is 9. The Bertz CT molecular complexity index is 306. The molecule has 0 saturated heterocycles. The highest BCUT2D eigenvalue weighted by Gasteiger charge is 2.03. The van der Waals surface area contributed by atoms with Crippen molar-refractivity contribution in [1.29, 1.82) is 0 Å². The number of hydrogen-bond acceptors (Lipinski definition) is 3. The molecule has 0 atom stereocenters. The SMILES string of the molecule is CCCCCCCCC=C(OC)c1cn[nH]n1. The number of H-pyrrole nitrogens is 1. The van der Waals surface area contributed by atoms with E-state index < -0.39 is 0 Å². The fourth-order valence-corrected chi connectivity index (χ4v) is 1.77. The molecule has 0 unspecified atom stereocenters. The first-order valence-corrected chi connectivity index (χ1v) is 6.48. The summed E-state index contributed by atoms with van der Waals surface area (Å²) in [5.41, 5.74) is 0.776. The van der Waals surface area contributed by atoms with E-state index in [0.717, 1.165) is 17.9 Å². The Kier molecular flexibility index (Phi) is 7.11. The van der Waals surface area contributed by atoms with Crippen molar-refractivity contribution in [3.05, 3.63) is 18.0 Å². The van der Waals surface area contributed by atoms with Gasteiger partial charge in [0.2, 0.25) is 0 Å². The first-order chi connectivity index (χ1) is 8.38. The van der Waals surface area contributed by atoms with E-state index in [1.807, 2.05) is 0 Å². The predicted molar refractivity (Wildman–Crippen MR) is 69.4 cm³/mol. The molecule has 0 saturated carbocycles. The molecular formula is C13H23N3O. The molecular weight excluding hydrogens is 214 g/mol. The van der Waals surface area contributed by atoms with Crippen LogP contribution < -0.4 is 0 Å². The molecule has 0 fully saturated rings. The second-order valence-corrected chi connectivity index (χ2v) is 4.18. The third kappa shape index (κ3) is 5.52.